The molecule has 0 aromatic carbocycles. The Balaban J connectivity index is -0.0000000452. The van der Waals surface area contributed by atoms with Crippen molar-refractivity contribution in [1.82, 2.24) is 0 Å². The molecule has 0 aliphatic rings. The molecule has 0 spiro atoms. The maximum atomic E-state index is 9.64. The molecule has 0 heterocycles. The van der Waals surface area contributed by atoms with E-state index in [2.05, 4.69) is 4.31 Å². The van der Waals surface area contributed by atoms with E-state index in [-0.39, 0.29) is 131 Å². The molecule has 0 fully saturated rings. The molecule has 0 unspecified atom stereocenters. The second-order valence-electron chi connectivity index (χ2n) is 2.26. The van der Waals surface area contributed by atoms with Gasteiger partial charge in [0, 0.05) is 0 Å². The standard InChI is InChI=1S/C4H6O4.4Na.H4O7P2/c5-3(6)1-2-4(7)8;;;;;1-8(2,3)7-9(4,5)6/h1-2H2,(H,5,6)(H,7,8);;;;;(H2,1,2,3)(H2,4,5,6)/q;4*+1;/p-4. The summed E-state index contributed by atoms with van der Waals surface area (Å²) in [5.41, 5.74) is 0. The molecule has 0 aliphatic heterocycles. The van der Waals surface area contributed by atoms with Crippen molar-refractivity contribution in [3.05, 3.63) is 0 Å². The molecule has 0 aliphatic carbocycles. The molecule has 17 heteroatoms. The Bertz CT molecular complexity index is 329. The summed E-state index contributed by atoms with van der Waals surface area (Å²) < 4.78 is 21.2. The molecule has 0 saturated heterocycles. The first-order valence-electron chi connectivity index (χ1n) is 3.52. The average Bonchev–Trinajstić information content (AvgIpc) is 1.94. The fourth-order valence-electron chi connectivity index (χ4n) is 0.336. The molecular weight excluding hydrogens is 378 g/mol. The Hall–Kier alpha value is 3.20. The third kappa shape index (κ3) is 51.7. The Morgan fingerprint density at radius 2 is 0.952 bits per heavy atom. The van der Waals surface area contributed by atoms with Crippen LogP contribution in [-0.2, 0) is 23.0 Å². The van der Waals surface area contributed by atoms with Crippen LogP contribution in [0.4, 0.5) is 0 Å². The number of hydrogen-bond acceptors (Lipinski definition) is 9. The van der Waals surface area contributed by atoms with E-state index in [0.29, 0.717) is 0 Å². The molecule has 0 amide bonds. The van der Waals surface area contributed by atoms with Gasteiger partial charge in [-0.25, -0.2) is 0 Å². The Morgan fingerprint density at radius 1 is 0.762 bits per heavy atom. The maximum Gasteiger partial charge on any atom is 1.00 e. The maximum absolute atomic E-state index is 9.64. The van der Waals surface area contributed by atoms with Crippen molar-refractivity contribution in [2.24, 2.45) is 0 Å². The number of hydrogen-bond donors (Lipinski definition) is 2. The predicted octanol–water partition coefficient (Wildman–Crippen LogP) is -15.4. The third-order valence-corrected chi connectivity index (χ3v) is 2.35. The van der Waals surface area contributed by atoms with E-state index in [4.69, 9.17) is 10.2 Å². The van der Waals surface area contributed by atoms with Crippen molar-refractivity contribution in [3.63, 3.8) is 0 Å². The van der Waals surface area contributed by atoms with Crippen LogP contribution in [0.1, 0.15) is 12.8 Å². The van der Waals surface area contributed by atoms with Gasteiger partial charge in [0.1, 0.15) is 0 Å². The summed E-state index contributed by atoms with van der Waals surface area (Å²) >= 11 is 0. The molecule has 0 saturated carbocycles. The minimum absolute atomic E-state index is 0. The van der Waals surface area contributed by atoms with Crippen LogP contribution < -0.4 is 138 Å². The molecule has 0 aromatic rings. The summed E-state index contributed by atoms with van der Waals surface area (Å²) in [6, 6.07) is 0. The number of aliphatic carboxylic acids is 2. The minimum Gasteiger partial charge on any atom is -0.790 e. The van der Waals surface area contributed by atoms with Crippen molar-refractivity contribution in [2.75, 3.05) is 0 Å². The van der Waals surface area contributed by atoms with Gasteiger partial charge in [-0.3, -0.25) is 9.59 Å². The van der Waals surface area contributed by atoms with Crippen LogP contribution in [0.25, 0.3) is 0 Å². The quantitative estimate of drug-likeness (QED) is 0.336. The van der Waals surface area contributed by atoms with Crippen LogP contribution in [0.3, 0.4) is 0 Å². The first-order chi connectivity index (χ1) is 7.33. The smallest absolute Gasteiger partial charge is 0.790 e. The summed E-state index contributed by atoms with van der Waals surface area (Å²) in [6.07, 6.45) is -0.593. The SMILES string of the molecule is O=C(O)CCC(=O)O.O=P([O-])([O-])OP(=O)([O-])[O-].[Na+].[Na+].[Na+].[Na+]. The molecule has 0 radical (unpaired) electrons. The monoisotopic (exact) mass is 384 g/mol. The van der Waals surface area contributed by atoms with Crippen LogP contribution in [-0.4, -0.2) is 22.2 Å². The van der Waals surface area contributed by atoms with Crippen molar-refractivity contribution >= 4 is 27.6 Å². The van der Waals surface area contributed by atoms with E-state index in [9.17, 15) is 38.3 Å². The van der Waals surface area contributed by atoms with Crippen LogP contribution in [0, 0.1) is 0 Å². The van der Waals surface area contributed by atoms with Crippen molar-refractivity contribution in [2.45, 2.75) is 12.8 Å². The number of carboxylic acids is 2. The second-order valence-corrected chi connectivity index (χ2v) is 4.71. The molecular formula is C4H6Na4O11P2. The molecule has 0 rings (SSSR count). The Labute approximate surface area is 208 Å². The van der Waals surface area contributed by atoms with Gasteiger partial charge in [0.25, 0.3) is 0 Å². The zero-order valence-corrected chi connectivity index (χ0v) is 21.7. The number of phosphoric acid groups is 2. The van der Waals surface area contributed by atoms with Crippen LogP contribution in [0.5, 0.6) is 0 Å². The molecule has 2 N–H and O–H groups in total. The van der Waals surface area contributed by atoms with Gasteiger partial charge in [-0.15, -0.1) is 0 Å². The largest absolute Gasteiger partial charge is 1.00 e. The van der Waals surface area contributed by atoms with Gasteiger partial charge in [0.2, 0.25) is 0 Å². The van der Waals surface area contributed by atoms with Crippen molar-refractivity contribution in [3.8, 4) is 0 Å². The Morgan fingerprint density at radius 3 is 1.00 bits per heavy atom. The summed E-state index contributed by atoms with van der Waals surface area (Å²) in [5, 5.41) is 15.8. The first kappa shape index (κ1) is 39.3. The summed E-state index contributed by atoms with van der Waals surface area (Å²) in [4.78, 5) is 56.6. The average molecular weight is 384 g/mol. The van der Waals surface area contributed by atoms with Gasteiger partial charge in [0.05, 0.1) is 28.5 Å². The van der Waals surface area contributed by atoms with Crippen molar-refractivity contribution < 1.29 is 171 Å². The molecule has 0 atom stereocenters. The predicted molar refractivity (Wildman–Crippen MR) is 40.8 cm³/mol. The molecule has 102 valence electrons. The number of carbonyl (C=O) groups is 2. The number of carboxylic acid groups (broad SMARTS) is 2. The van der Waals surface area contributed by atoms with E-state index >= 15 is 0 Å². The summed E-state index contributed by atoms with van der Waals surface area (Å²) in [7, 11) is -11.4. The third-order valence-electron chi connectivity index (χ3n) is 0.753. The summed E-state index contributed by atoms with van der Waals surface area (Å²) in [6.45, 7) is 0. The fourth-order valence-corrected chi connectivity index (χ4v) is 1.32. The van der Waals surface area contributed by atoms with E-state index in [1.807, 2.05) is 0 Å². The topological polar surface area (TPSA) is 210 Å². The summed E-state index contributed by atoms with van der Waals surface area (Å²) in [5.74, 6) is -2.15. The molecule has 21 heavy (non-hydrogen) atoms. The van der Waals surface area contributed by atoms with Gasteiger partial charge < -0.3 is 43.2 Å². The number of rotatable bonds is 5. The van der Waals surface area contributed by atoms with Crippen LogP contribution in [0.2, 0.25) is 0 Å². The van der Waals surface area contributed by atoms with E-state index in [1.54, 1.807) is 0 Å². The second kappa shape index (κ2) is 19.5. The Kier molecular flexibility index (Phi) is 36.6. The normalized spacial score (nSPS) is 9.14. The van der Waals surface area contributed by atoms with Crippen LogP contribution >= 0.6 is 15.6 Å². The zero-order valence-electron chi connectivity index (χ0n) is 11.9. The fraction of sp³-hybridized carbons (Fsp3) is 0.500. The first-order valence-corrected chi connectivity index (χ1v) is 6.44. The van der Waals surface area contributed by atoms with Crippen LogP contribution in [0.15, 0.2) is 0 Å². The molecule has 11 nitrogen and oxygen atoms in total. The van der Waals surface area contributed by atoms with E-state index < -0.39 is 27.6 Å². The van der Waals surface area contributed by atoms with E-state index in [0.717, 1.165) is 0 Å². The van der Waals surface area contributed by atoms with Gasteiger partial charge in [-0.05, 0) is 0 Å². The van der Waals surface area contributed by atoms with Gasteiger partial charge in [-0.1, -0.05) is 0 Å². The van der Waals surface area contributed by atoms with Gasteiger partial charge >= 0.3 is 130 Å². The van der Waals surface area contributed by atoms with Gasteiger partial charge in [-0.2, -0.15) is 0 Å². The zero-order chi connectivity index (χ0) is 14.3. The van der Waals surface area contributed by atoms with Crippen molar-refractivity contribution in [1.29, 1.82) is 0 Å². The molecule has 0 bridgehead atoms. The van der Waals surface area contributed by atoms with E-state index in [1.165, 1.54) is 0 Å². The minimum atomic E-state index is -5.68. The molecule has 0 aromatic heterocycles. The van der Waals surface area contributed by atoms with Gasteiger partial charge in [0.15, 0.2) is 0 Å².